The number of hydrogen-bond acceptors (Lipinski definition) is 8. The van der Waals surface area contributed by atoms with Crippen molar-refractivity contribution < 1.29 is 18.7 Å². The number of allylic oxidation sites excluding steroid dienone is 5. The summed E-state index contributed by atoms with van der Waals surface area (Å²) >= 11 is 8.05. The molecule has 1 aliphatic carbocycles. The van der Waals surface area contributed by atoms with Crippen LogP contribution in [-0.2, 0) is 4.74 Å². The molecule has 3 N–H and O–H groups in total. The molecular formula is C32H35ClFN5O3S. The lowest BCUT2D eigenvalue weighted by Gasteiger charge is -2.15. The normalized spacial score (nSPS) is 16.0. The van der Waals surface area contributed by atoms with Crippen molar-refractivity contribution in [1.29, 1.82) is 0 Å². The minimum absolute atomic E-state index is 0.0799. The fourth-order valence-corrected chi connectivity index (χ4v) is 5.35. The molecule has 2 aromatic heterocycles. The van der Waals surface area contributed by atoms with Gasteiger partial charge in [-0.3, -0.25) is 0 Å². The molecule has 3 aromatic rings. The summed E-state index contributed by atoms with van der Waals surface area (Å²) in [4.78, 5) is 21.2. The average molecular weight is 624 g/mol. The molecule has 43 heavy (non-hydrogen) atoms. The summed E-state index contributed by atoms with van der Waals surface area (Å²) in [5.74, 6) is 7.51. The molecule has 0 saturated carbocycles. The van der Waals surface area contributed by atoms with Gasteiger partial charge in [0.05, 0.1) is 20.1 Å². The number of rotatable bonds is 12. The van der Waals surface area contributed by atoms with E-state index in [0.717, 1.165) is 45.6 Å². The summed E-state index contributed by atoms with van der Waals surface area (Å²) < 4.78 is 25.6. The summed E-state index contributed by atoms with van der Waals surface area (Å²) in [5, 5.41) is 9.59. The number of alkyl carbamates (subject to hydrolysis) is 1. The van der Waals surface area contributed by atoms with E-state index in [1.807, 2.05) is 38.3 Å². The van der Waals surface area contributed by atoms with Crippen LogP contribution in [0.5, 0.6) is 5.75 Å². The molecule has 1 atom stereocenters. The molecular weight excluding hydrogens is 589 g/mol. The Hall–Kier alpha value is -3.91. The Kier molecular flexibility index (Phi) is 12.4. The van der Waals surface area contributed by atoms with Crippen LogP contribution in [-0.4, -0.2) is 48.9 Å². The molecule has 1 aromatic carbocycles. The lowest BCUT2D eigenvalue weighted by Crippen LogP contribution is -2.34. The molecule has 226 valence electrons. The number of carbonyl (C=O) groups is 1. The van der Waals surface area contributed by atoms with Crippen molar-refractivity contribution in [3.05, 3.63) is 76.2 Å². The first-order valence-electron chi connectivity index (χ1n) is 14.1. The second-order valence-corrected chi connectivity index (χ2v) is 11.2. The second-order valence-electron chi connectivity index (χ2n) is 9.73. The molecule has 1 unspecified atom stereocenters. The Morgan fingerprint density at radius 2 is 2.14 bits per heavy atom. The maximum atomic E-state index is 13.6. The number of ether oxygens (including phenoxy) is 2. The van der Waals surface area contributed by atoms with Crippen LogP contribution in [0.25, 0.3) is 10.2 Å². The predicted octanol–water partition coefficient (Wildman–Crippen LogP) is 7.45. The van der Waals surface area contributed by atoms with E-state index in [4.69, 9.17) is 21.1 Å². The third-order valence-corrected chi connectivity index (χ3v) is 7.85. The number of fused-ring (bicyclic) bond motifs is 1. The zero-order valence-electron chi connectivity index (χ0n) is 24.2. The number of nitrogens with one attached hydrogen (secondary N) is 3. The van der Waals surface area contributed by atoms with Crippen LogP contribution in [0.2, 0.25) is 5.02 Å². The van der Waals surface area contributed by atoms with E-state index in [0.29, 0.717) is 42.8 Å². The number of benzene rings is 1. The Morgan fingerprint density at radius 3 is 2.95 bits per heavy atom. The molecule has 0 spiro atoms. The van der Waals surface area contributed by atoms with Crippen LogP contribution in [0, 0.1) is 11.8 Å². The van der Waals surface area contributed by atoms with E-state index in [1.165, 1.54) is 23.7 Å². The standard InChI is InChI=1S/C32H35ClFN5O3S/c1-3-36-32(40)42-20-25(35-2)11-5-4-6-12-26-18-28-30(43-26)31(38-21-37-28)39-24-15-16-29(27(33)17-24)41-19-22-9-7-8-10-23(34)14-13-22/h7-8,10,13,15-18,21,25,35H,3-5,9,11,14,19-20H2,1-2H3,(H,36,40)(H,37,38,39)/b8-7?,22-13+,23-10+. The maximum absolute atomic E-state index is 13.6. The van der Waals surface area contributed by atoms with Crippen molar-refractivity contribution in [2.75, 3.05) is 32.1 Å². The van der Waals surface area contributed by atoms with Crippen LogP contribution in [0.4, 0.5) is 20.7 Å². The third-order valence-electron chi connectivity index (χ3n) is 6.51. The lowest BCUT2D eigenvalue weighted by molar-refractivity contribution is 0.133. The van der Waals surface area contributed by atoms with Gasteiger partial charge in [-0.05, 0) is 69.1 Å². The minimum Gasteiger partial charge on any atom is -0.488 e. The first-order valence-corrected chi connectivity index (χ1v) is 15.3. The van der Waals surface area contributed by atoms with Gasteiger partial charge in [0.2, 0.25) is 0 Å². The number of unbranched alkanes of at least 4 members (excludes halogenated alkanes) is 1. The highest BCUT2D eigenvalue weighted by Crippen LogP contribution is 2.33. The SMILES string of the molecule is CCNC(=O)OCC(CCCC#Cc1cc2ncnc(Nc3ccc(OC/C4=C/C/C(F)=C\C=CC4)c(Cl)c3)c2s1)NC. The van der Waals surface area contributed by atoms with E-state index in [1.54, 1.807) is 18.2 Å². The molecule has 11 heteroatoms. The van der Waals surface area contributed by atoms with Crippen LogP contribution < -0.4 is 20.7 Å². The largest absolute Gasteiger partial charge is 0.488 e. The monoisotopic (exact) mass is 623 g/mol. The summed E-state index contributed by atoms with van der Waals surface area (Å²) in [5.41, 5.74) is 2.56. The molecule has 8 nitrogen and oxygen atoms in total. The smallest absolute Gasteiger partial charge is 0.407 e. The van der Waals surface area contributed by atoms with E-state index < -0.39 is 6.09 Å². The molecule has 2 heterocycles. The number of likely N-dealkylation sites (N-methyl/N-ethyl adjacent to an activating group) is 1. The van der Waals surface area contributed by atoms with E-state index in [-0.39, 0.29) is 18.3 Å². The highest BCUT2D eigenvalue weighted by Gasteiger charge is 2.12. The van der Waals surface area contributed by atoms with E-state index in [9.17, 15) is 9.18 Å². The van der Waals surface area contributed by atoms with E-state index in [2.05, 4.69) is 37.8 Å². The van der Waals surface area contributed by atoms with Gasteiger partial charge in [-0.25, -0.2) is 19.2 Å². The zero-order valence-corrected chi connectivity index (χ0v) is 25.8. The van der Waals surface area contributed by atoms with Gasteiger partial charge in [0.15, 0.2) is 5.82 Å². The van der Waals surface area contributed by atoms with Crippen LogP contribution >= 0.6 is 22.9 Å². The van der Waals surface area contributed by atoms with Crippen LogP contribution in [0.3, 0.4) is 0 Å². The highest BCUT2D eigenvalue weighted by molar-refractivity contribution is 7.20. The van der Waals surface area contributed by atoms with Gasteiger partial charge in [0, 0.05) is 31.1 Å². The molecule has 0 fully saturated rings. The van der Waals surface area contributed by atoms with Crippen molar-refractivity contribution in [2.45, 2.75) is 45.1 Å². The number of anilines is 2. The first kappa shape index (κ1) is 32.0. The highest BCUT2D eigenvalue weighted by atomic mass is 35.5. The van der Waals surface area contributed by atoms with Gasteiger partial charge in [0.1, 0.15) is 31.1 Å². The van der Waals surface area contributed by atoms with E-state index >= 15 is 0 Å². The lowest BCUT2D eigenvalue weighted by atomic mass is 10.1. The second kappa shape index (κ2) is 16.7. The van der Waals surface area contributed by atoms with Gasteiger partial charge in [-0.15, -0.1) is 11.3 Å². The topological polar surface area (TPSA) is 97.4 Å². The summed E-state index contributed by atoms with van der Waals surface area (Å²) in [6, 6.07) is 7.50. The minimum atomic E-state index is -0.400. The number of carbonyl (C=O) groups excluding carboxylic acids is 1. The molecule has 0 bridgehead atoms. The summed E-state index contributed by atoms with van der Waals surface area (Å²) in [7, 11) is 1.86. The number of halogens is 2. The number of hydrogen-bond donors (Lipinski definition) is 3. The molecule has 0 radical (unpaired) electrons. The zero-order chi connectivity index (χ0) is 30.4. The quantitative estimate of drug-likeness (QED) is 0.109. The number of amides is 1. The van der Waals surface area contributed by atoms with Gasteiger partial charge in [-0.1, -0.05) is 41.7 Å². The first-order chi connectivity index (χ1) is 20.9. The van der Waals surface area contributed by atoms with Gasteiger partial charge in [-0.2, -0.15) is 0 Å². The number of thiophene rings is 1. The third kappa shape index (κ3) is 10.1. The number of aromatic nitrogens is 2. The fraction of sp³-hybridized carbons (Fsp3) is 0.344. The van der Waals surface area contributed by atoms with Crippen molar-refractivity contribution in [1.82, 2.24) is 20.6 Å². The Morgan fingerprint density at radius 1 is 1.26 bits per heavy atom. The molecule has 0 aliphatic heterocycles. The van der Waals surface area contributed by atoms with Crippen LogP contribution in [0.1, 0.15) is 43.9 Å². The van der Waals surface area contributed by atoms with Gasteiger partial charge in [0.25, 0.3) is 0 Å². The average Bonchev–Trinajstić information content (AvgIpc) is 3.41. The Balaban J connectivity index is 1.32. The fourth-order valence-electron chi connectivity index (χ4n) is 4.18. The summed E-state index contributed by atoms with van der Waals surface area (Å²) in [6.07, 6.45) is 11.5. The maximum Gasteiger partial charge on any atom is 0.407 e. The molecule has 1 amide bonds. The predicted molar refractivity (Wildman–Crippen MR) is 172 cm³/mol. The van der Waals surface area contributed by atoms with Crippen molar-refractivity contribution in [2.24, 2.45) is 0 Å². The Labute approximate surface area is 260 Å². The molecule has 1 aliphatic rings. The van der Waals surface area contributed by atoms with Crippen LogP contribution in [0.15, 0.2) is 66.3 Å². The Bertz CT molecular complexity index is 1560. The molecule has 0 saturated heterocycles. The van der Waals surface area contributed by atoms with Crippen molar-refractivity contribution >= 4 is 50.8 Å². The van der Waals surface area contributed by atoms with Gasteiger partial charge < -0.3 is 25.4 Å². The summed E-state index contributed by atoms with van der Waals surface area (Å²) in [6.45, 7) is 3.04. The van der Waals surface area contributed by atoms with Gasteiger partial charge >= 0.3 is 6.09 Å². The molecule has 4 rings (SSSR count). The van der Waals surface area contributed by atoms with Crippen molar-refractivity contribution in [3.8, 4) is 17.6 Å². The van der Waals surface area contributed by atoms with Crippen molar-refractivity contribution in [3.63, 3.8) is 0 Å². The number of nitrogens with zero attached hydrogens (tertiary/aromatic N) is 2.